The molecule has 6 nitrogen and oxygen atoms in total. The van der Waals surface area contributed by atoms with E-state index in [1.165, 1.54) is 0 Å². The van der Waals surface area contributed by atoms with Crippen LogP contribution in [0, 0.1) is 0 Å². The molecule has 0 spiro atoms. The summed E-state index contributed by atoms with van der Waals surface area (Å²) in [7, 11) is 0. The monoisotopic (exact) mass is 370 g/mol. The second-order valence-corrected chi connectivity index (χ2v) is 5.72. The van der Waals surface area contributed by atoms with Crippen molar-refractivity contribution in [1.82, 2.24) is 19.6 Å². The van der Waals surface area contributed by atoms with Gasteiger partial charge in [-0.1, -0.05) is 0 Å². The molecule has 0 fully saturated rings. The molecule has 4 aromatic heterocycles. The lowest BCUT2D eigenvalue weighted by atomic mass is 10.2. The van der Waals surface area contributed by atoms with Crippen molar-refractivity contribution in [2.24, 2.45) is 0 Å². The Morgan fingerprint density at radius 3 is 2.87 bits per heavy atom. The molecule has 114 valence electrons. The number of nitrogens with zero attached hydrogens (tertiary/aromatic N) is 4. The van der Waals surface area contributed by atoms with Gasteiger partial charge in [0, 0.05) is 24.0 Å². The van der Waals surface area contributed by atoms with Crippen molar-refractivity contribution in [2.75, 3.05) is 0 Å². The predicted molar refractivity (Wildman–Crippen MR) is 87.0 cm³/mol. The van der Waals surface area contributed by atoms with E-state index in [0.29, 0.717) is 18.1 Å². The molecule has 0 aliphatic rings. The minimum Gasteiger partial charge on any atom is -0.473 e. The second-order valence-electron chi connectivity index (χ2n) is 4.86. The Morgan fingerprint density at radius 1 is 1.22 bits per heavy atom. The number of aromatic nitrogens is 4. The molecule has 4 aromatic rings. The zero-order chi connectivity index (χ0) is 15.6. The van der Waals surface area contributed by atoms with E-state index in [9.17, 15) is 0 Å². The fraction of sp³-hybridized carbons (Fsp3) is 0.0625. The van der Waals surface area contributed by atoms with Gasteiger partial charge in [0.2, 0.25) is 5.88 Å². The smallest absolute Gasteiger partial charge is 0.218 e. The van der Waals surface area contributed by atoms with Crippen LogP contribution in [-0.2, 0) is 6.61 Å². The average Bonchev–Trinajstić information content (AvgIpc) is 3.24. The van der Waals surface area contributed by atoms with Crippen LogP contribution in [0.15, 0.2) is 64.3 Å². The molecule has 4 rings (SSSR count). The number of rotatable bonds is 4. The quantitative estimate of drug-likeness (QED) is 0.547. The first kappa shape index (κ1) is 14.0. The molecule has 0 aliphatic heterocycles. The molecule has 0 saturated heterocycles. The summed E-state index contributed by atoms with van der Waals surface area (Å²) in [6, 6.07) is 7.52. The molecule has 23 heavy (non-hydrogen) atoms. The lowest BCUT2D eigenvalue weighted by Gasteiger charge is -2.09. The Balaban J connectivity index is 1.75. The molecular weight excluding hydrogens is 360 g/mol. The van der Waals surface area contributed by atoms with E-state index in [0.717, 1.165) is 21.3 Å². The van der Waals surface area contributed by atoms with Crippen LogP contribution >= 0.6 is 15.9 Å². The molecule has 0 radical (unpaired) electrons. The van der Waals surface area contributed by atoms with E-state index in [1.807, 2.05) is 24.3 Å². The van der Waals surface area contributed by atoms with Gasteiger partial charge in [-0.05, 0) is 39.7 Å². The summed E-state index contributed by atoms with van der Waals surface area (Å²) in [5, 5.41) is 4.30. The van der Waals surface area contributed by atoms with Gasteiger partial charge in [-0.2, -0.15) is 9.61 Å². The van der Waals surface area contributed by atoms with Crippen molar-refractivity contribution in [1.29, 1.82) is 0 Å². The van der Waals surface area contributed by atoms with Gasteiger partial charge in [-0.15, -0.1) is 0 Å². The highest BCUT2D eigenvalue weighted by atomic mass is 79.9. The summed E-state index contributed by atoms with van der Waals surface area (Å²) in [5.74, 6) is 0.605. The maximum Gasteiger partial charge on any atom is 0.218 e. The van der Waals surface area contributed by atoms with Crippen LogP contribution in [0.25, 0.3) is 16.9 Å². The fourth-order valence-corrected chi connectivity index (χ4v) is 2.55. The average molecular weight is 371 g/mol. The van der Waals surface area contributed by atoms with Gasteiger partial charge >= 0.3 is 0 Å². The first-order chi connectivity index (χ1) is 11.3. The Hall–Kier alpha value is -2.67. The predicted octanol–water partition coefficient (Wildman–Crippen LogP) is 3.73. The minimum absolute atomic E-state index is 0.421. The lowest BCUT2D eigenvalue weighted by Crippen LogP contribution is -2.03. The molecular formula is C16H11BrN4O2. The summed E-state index contributed by atoms with van der Waals surface area (Å²) in [4.78, 5) is 8.60. The van der Waals surface area contributed by atoms with Gasteiger partial charge < -0.3 is 9.15 Å². The Morgan fingerprint density at radius 2 is 2.09 bits per heavy atom. The van der Waals surface area contributed by atoms with E-state index < -0.39 is 0 Å². The van der Waals surface area contributed by atoms with Gasteiger partial charge in [0.15, 0.2) is 5.65 Å². The SMILES string of the molecule is Brc1cnn2c(OCc3ccncc3)cc(-c3ccoc3)nc12. The first-order valence-corrected chi connectivity index (χ1v) is 7.69. The molecule has 0 aromatic carbocycles. The Labute approximate surface area is 139 Å². The minimum atomic E-state index is 0.421. The molecule has 0 unspecified atom stereocenters. The Kier molecular flexibility index (Phi) is 3.55. The number of hydrogen-bond acceptors (Lipinski definition) is 5. The summed E-state index contributed by atoms with van der Waals surface area (Å²) < 4.78 is 13.5. The van der Waals surface area contributed by atoms with Crippen LogP contribution in [-0.4, -0.2) is 19.6 Å². The van der Waals surface area contributed by atoms with E-state index in [2.05, 4.69) is 31.0 Å². The largest absolute Gasteiger partial charge is 0.473 e. The molecule has 0 amide bonds. The normalized spacial score (nSPS) is 11.0. The molecule has 0 aliphatic carbocycles. The van der Waals surface area contributed by atoms with Gasteiger partial charge in [-0.3, -0.25) is 4.98 Å². The van der Waals surface area contributed by atoms with Crippen LogP contribution in [0.5, 0.6) is 5.88 Å². The van der Waals surface area contributed by atoms with Crippen LogP contribution < -0.4 is 4.74 Å². The number of halogens is 1. The van der Waals surface area contributed by atoms with Gasteiger partial charge in [0.25, 0.3) is 0 Å². The highest BCUT2D eigenvalue weighted by Crippen LogP contribution is 2.27. The maximum atomic E-state index is 5.94. The highest BCUT2D eigenvalue weighted by Gasteiger charge is 2.13. The van der Waals surface area contributed by atoms with Crippen LogP contribution in [0.3, 0.4) is 0 Å². The topological polar surface area (TPSA) is 65.5 Å². The van der Waals surface area contributed by atoms with Gasteiger partial charge in [-0.25, -0.2) is 4.98 Å². The van der Waals surface area contributed by atoms with Crippen LogP contribution in [0.2, 0.25) is 0 Å². The summed E-state index contributed by atoms with van der Waals surface area (Å²) in [5.41, 5.74) is 3.36. The van der Waals surface area contributed by atoms with E-state index >= 15 is 0 Å². The molecule has 4 heterocycles. The number of furan rings is 1. The van der Waals surface area contributed by atoms with Gasteiger partial charge in [0.05, 0.1) is 28.9 Å². The van der Waals surface area contributed by atoms with E-state index in [1.54, 1.807) is 35.6 Å². The standard InChI is InChI=1S/C16H11BrN4O2/c17-13-8-19-21-15(23-9-11-1-4-18-5-2-11)7-14(20-16(13)21)12-3-6-22-10-12/h1-8,10H,9H2. The zero-order valence-electron chi connectivity index (χ0n) is 11.9. The van der Waals surface area contributed by atoms with E-state index in [4.69, 9.17) is 9.15 Å². The van der Waals surface area contributed by atoms with Crippen molar-refractivity contribution >= 4 is 21.6 Å². The first-order valence-electron chi connectivity index (χ1n) is 6.90. The Bertz CT molecular complexity index is 936. The van der Waals surface area contributed by atoms with Crippen molar-refractivity contribution in [3.05, 3.63) is 65.4 Å². The number of ether oxygens (including phenoxy) is 1. The van der Waals surface area contributed by atoms with Crippen molar-refractivity contribution in [3.8, 4) is 17.1 Å². The summed E-state index contributed by atoms with van der Waals surface area (Å²) in [6.45, 7) is 0.421. The fourth-order valence-electron chi connectivity index (χ4n) is 2.21. The van der Waals surface area contributed by atoms with Crippen molar-refractivity contribution < 1.29 is 9.15 Å². The third-order valence-electron chi connectivity index (χ3n) is 3.35. The summed E-state index contributed by atoms with van der Waals surface area (Å²) in [6.07, 6.45) is 8.44. The molecule has 0 atom stereocenters. The van der Waals surface area contributed by atoms with Gasteiger partial charge in [0.1, 0.15) is 6.61 Å². The lowest BCUT2D eigenvalue weighted by molar-refractivity contribution is 0.285. The number of fused-ring (bicyclic) bond motifs is 1. The van der Waals surface area contributed by atoms with E-state index in [-0.39, 0.29) is 0 Å². The molecule has 0 N–H and O–H groups in total. The highest BCUT2D eigenvalue weighted by molar-refractivity contribution is 9.10. The maximum absolute atomic E-state index is 5.94. The van der Waals surface area contributed by atoms with Crippen molar-refractivity contribution in [3.63, 3.8) is 0 Å². The second kappa shape index (κ2) is 5.85. The third-order valence-corrected chi connectivity index (χ3v) is 3.91. The number of pyridine rings is 1. The van der Waals surface area contributed by atoms with Crippen LogP contribution in [0.1, 0.15) is 5.56 Å². The molecule has 0 bridgehead atoms. The van der Waals surface area contributed by atoms with Crippen molar-refractivity contribution in [2.45, 2.75) is 6.61 Å². The molecule has 7 heteroatoms. The zero-order valence-corrected chi connectivity index (χ0v) is 13.5. The number of hydrogen-bond donors (Lipinski definition) is 0. The summed E-state index contributed by atoms with van der Waals surface area (Å²) >= 11 is 3.46. The molecule has 0 saturated carbocycles. The third kappa shape index (κ3) is 2.70. The van der Waals surface area contributed by atoms with Crippen LogP contribution in [0.4, 0.5) is 0 Å².